The summed E-state index contributed by atoms with van der Waals surface area (Å²) in [7, 11) is -3.66. The fraction of sp³-hybridized carbons (Fsp3) is 0.0417. The molecule has 0 aliphatic heterocycles. The van der Waals surface area contributed by atoms with Crippen molar-refractivity contribution in [2.24, 2.45) is 0 Å². The maximum atomic E-state index is 12.8. The zero-order chi connectivity index (χ0) is 20.8. The van der Waals surface area contributed by atoms with Gasteiger partial charge in [0.15, 0.2) is 0 Å². The predicted octanol–water partition coefficient (Wildman–Crippen LogP) is 5.02. The molecule has 0 aliphatic rings. The Morgan fingerprint density at radius 2 is 1.53 bits per heavy atom. The summed E-state index contributed by atoms with van der Waals surface area (Å²) < 4.78 is 34.0. The Kier molecular flexibility index (Phi) is 5.88. The molecule has 0 saturated heterocycles. The van der Waals surface area contributed by atoms with E-state index in [1.165, 1.54) is 0 Å². The van der Waals surface area contributed by atoms with Crippen LogP contribution in [0.3, 0.4) is 0 Å². The molecule has 5 nitrogen and oxygen atoms in total. The number of ether oxygens (including phenoxy) is 1. The second-order valence-corrected chi connectivity index (χ2v) is 8.40. The van der Waals surface area contributed by atoms with E-state index in [1.54, 1.807) is 42.6 Å². The Labute approximate surface area is 176 Å². The van der Waals surface area contributed by atoms with Gasteiger partial charge in [-0.3, -0.25) is 0 Å². The van der Waals surface area contributed by atoms with Crippen LogP contribution in [0.2, 0.25) is 0 Å². The molecule has 1 N–H and O–H groups in total. The lowest BCUT2D eigenvalue weighted by Crippen LogP contribution is -2.23. The van der Waals surface area contributed by atoms with Crippen LogP contribution in [0.5, 0.6) is 11.6 Å². The SMILES string of the molecule is O=S(=O)(NCc1cccc(Oc2ccccn2)c1)c1cccc(-c2ccccc2)c1. The van der Waals surface area contributed by atoms with Gasteiger partial charge in [0.05, 0.1) is 4.90 Å². The molecule has 4 aromatic rings. The molecule has 1 heterocycles. The Balaban J connectivity index is 1.48. The summed E-state index contributed by atoms with van der Waals surface area (Å²) in [6.07, 6.45) is 1.65. The van der Waals surface area contributed by atoms with Crippen molar-refractivity contribution in [2.45, 2.75) is 11.4 Å². The van der Waals surface area contributed by atoms with E-state index in [1.807, 2.05) is 60.7 Å². The van der Waals surface area contributed by atoms with Gasteiger partial charge in [-0.1, -0.05) is 60.7 Å². The second kappa shape index (κ2) is 8.90. The maximum absolute atomic E-state index is 12.8. The third-order valence-electron chi connectivity index (χ3n) is 4.48. The Hall–Kier alpha value is -3.48. The summed E-state index contributed by atoms with van der Waals surface area (Å²) >= 11 is 0. The van der Waals surface area contributed by atoms with Crippen LogP contribution in [0.15, 0.2) is 108 Å². The van der Waals surface area contributed by atoms with Crippen molar-refractivity contribution in [1.82, 2.24) is 9.71 Å². The number of rotatable bonds is 7. The van der Waals surface area contributed by atoms with Crippen molar-refractivity contribution in [1.29, 1.82) is 0 Å². The van der Waals surface area contributed by atoms with Crippen molar-refractivity contribution in [3.8, 4) is 22.8 Å². The molecular weight excluding hydrogens is 396 g/mol. The monoisotopic (exact) mass is 416 g/mol. The van der Waals surface area contributed by atoms with E-state index in [-0.39, 0.29) is 11.4 Å². The minimum Gasteiger partial charge on any atom is -0.439 e. The first kappa shape index (κ1) is 19.8. The van der Waals surface area contributed by atoms with Gasteiger partial charge in [0.25, 0.3) is 0 Å². The molecule has 0 bridgehead atoms. The highest BCUT2D eigenvalue weighted by Gasteiger charge is 2.15. The highest BCUT2D eigenvalue weighted by Crippen LogP contribution is 2.23. The fourth-order valence-corrected chi connectivity index (χ4v) is 4.05. The summed E-state index contributed by atoms with van der Waals surface area (Å²) in [6.45, 7) is 0.150. The number of hydrogen-bond donors (Lipinski definition) is 1. The molecule has 3 aromatic carbocycles. The number of nitrogens with one attached hydrogen (secondary N) is 1. The number of pyridine rings is 1. The lowest BCUT2D eigenvalue weighted by atomic mass is 10.1. The third-order valence-corrected chi connectivity index (χ3v) is 5.88. The zero-order valence-electron chi connectivity index (χ0n) is 16.1. The molecule has 30 heavy (non-hydrogen) atoms. The van der Waals surface area contributed by atoms with Gasteiger partial charge in [0.2, 0.25) is 15.9 Å². The largest absolute Gasteiger partial charge is 0.439 e. The van der Waals surface area contributed by atoms with Crippen LogP contribution in [0.25, 0.3) is 11.1 Å². The summed E-state index contributed by atoms with van der Waals surface area (Å²) in [5.74, 6) is 1.07. The van der Waals surface area contributed by atoms with Crippen LogP contribution < -0.4 is 9.46 Å². The smallest absolute Gasteiger partial charge is 0.240 e. The molecule has 4 rings (SSSR count). The molecule has 0 unspecified atom stereocenters. The topological polar surface area (TPSA) is 68.3 Å². The molecule has 0 atom stereocenters. The predicted molar refractivity (Wildman–Crippen MR) is 117 cm³/mol. The molecular formula is C24H20N2O3S. The first-order chi connectivity index (χ1) is 14.6. The summed E-state index contributed by atoms with van der Waals surface area (Å²) in [5, 5.41) is 0. The van der Waals surface area contributed by atoms with Crippen LogP contribution in [0.4, 0.5) is 0 Å². The van der Waals surface area contributed by atoms with Crippen molar-refractivity contribution in [2.75, 3.05) is 0 Å². The first-order valence-electron chi connectivity index (χ1n) is 9.43. The van der Waals surface area contributed by atoms with Crippen LogP contribution >= 0.6 is 0 Å². The summed E-state index contributed by atoms with van der Waals surface area (Å²) in [5.41, 5.74) is 2.60. The first-order valence-corrected chi connectivity index (χ1v) is 10.9. The van der Waals surface area contributed by atoms with E-state index in [9.17, 15) is 8.42 Å². The Bertz CT molecular complexity index is 1230. The minimum absolute atomic E-state index is 0.150. The van der Waals surface area contributed by atoms with Gasteiger partial charge in [-0.2, -0.15) is 0 Å². The van der Waals surface area contributed by atoms with Gasteiger partial charge >= 0.3 is 0 Å². The minimum atomic E-state index is -3.66. The van der Waals surface area contributed by atoms with E-state index in [4.69, 9.17) is 4.74 Å². The Morgan fingerprint density at radius 3 is 2.33 bits per heavy atom. The number of benzene rings is 3. The Morgan fingerprint density at radius 1 is 0.767 bits per heavy atom. The summed E-state index contributed by atoms with van der Waals surface area (Å²) in [6, 6.07) is 29.3. The van der Waals surface area contributed by atoms with Crippen molar-refractivity contribution in [3.05, 3.63) is 109 Å². The van der Waals surface area contributed by atoms with Gasteiger partial charge in [0, 0.05) is 18.8 Å². The molecule has 0 fully saturated rings. The number of nitrogens with zero attached hydrogens (tertiary/aromatic N) is 1. The van der Waals surface area contributed by atoms with Crippen LogP contribution in [0, 0.1) is 0 Å². The molecule has 0 radical (unpaired) electrons. The van der Waals surface area contributed by atoms with E-state index in [0.717, 1.165) is 16.7 Å². The average molecular weight is 417 g/mol. The zero-order valence-corrected chi connectivity index (χ0v) is 16.9. The molecule has 0 aliphatic carbocycles. The van der Waals surface area contributed by atoms with Gasteiger partial charge in [-0.05, 0) is 47.0 Å². The molecule has 150 valence electrons. The van der Waals surface area contributed by atoms with Crippen molar-refractivity contribution >= 4 is 10.0 Å². The van der Waals surface area contributed by atoms with Gasteiger partial charge in [0.1, 0.15) is 5.75 Å². The normalized spacial score (nSPS) is 11.2. The van der Waals surface area contributed by atoms with Gasteiger partial charge < -0.3 is 4.74 Å². The maximum Gasteiger partial charge on any atom is 0.240 e. The lowest BCUT2D eigenvalue weighted by Gasteiger charge is -2.10. The molecule has 0 amide bonds. The highest BCUT2D eigenvalue weighted by atomic mass is 32.2. The fourth-order valence-electron chi connectivity index (χ4n) is 2.98. The number of hydrogen-bond acceptors (Lipinski definition) is 4. The van der Waals surface area contributed by atoms with Crippen molar-refractivity contribution in [3.63, 3.8) is 0 Å². The molecule has 0 spiro atoms. The second-order valence-electron chi connectivity index (χ2n) is 6.64. The van der Waals surface area contributed by atoms with E-state index < -0.39 is 10.0 Å². The average Bonchev–Trinajstić information content (AvgIpc) is 2.79. The van der Waals surface area contributed by atoms with E-state index >= 15 is 0 Å². The van der Waals surface area contributed by atoms with Gasteiger partial charge in [-0.25, -0.2) is 18.1 Å². The van der Waals surface area contributed by atoms with Gasteiger partial charge in [-0.15, -0.1) is 0 Å². The van der Waals surface area contributed by atoms with Crippen LogP contribution in [-0.2, 0) is 16.6 Å². The van der Waals surface area contributed by atoms with Crippen molar-refractivity contribution < 1.29 is 13.2 Å². The van der Waals surface area contributed by atoms with Crippen LogP contribution in [-0.4, -0.2) is 13.4 Å². The summed E-state index contributed by atoms with van der Waals surface area (Å²) in [4.78, 5) is 4.35. The molecule has 0 saturated carbocycles. The third kappa shape index (κ3) is 4.92. The highest BCUT2D eigenvalue weighted by molar-refractivity contribution is 7.89. The number of aromatic nitrogens is 1. The van der Waals surface area contributed by atoms with E-state index in [0.29, 0.717) is 11.6 Å². The van der Waals surface area contributed by atoms with Crippen LogP contribution in [0.1, 0.15) is 5.56 Å². The van der Waals surface area contributed by atoms with E-state index in [2.05, 4.69) is 9.71 Å². The quantitative estimate of drug-likeness (QED) is 0.459. The number of sulfonamides is 1. The molecule has 6 heteroatoms. The standard InChI is InChI=1S/C24H20N2O3S/c27-30(28,23-13-7-11-21(17-23)20-9-2-1-3-10-20)26-18-19-8-6-12-22(16-19)29-24-14-4-5-15-25-24/h1-17,26H,18H2. The molecule has 1 aromatic heterocycles. The lowest BCUT2D eigenvalue weighted by molar-refractivity contribution is 0.462.